The number of hydrogen-bond acceptors (Lipinski definition) is 8. The number of nitrogens with zero attached hydrogens (tertiary/aromatic N) is 4. The Balaban J connectivity index is 1.07. The van der Waals surface area contributed by atoms with Crippen LogP contribution in [0.4, 0.5) is 21.0 Å². The van der Waals surface area contributed by atoms with Gasteiger partial charge in [0.15, 0.2) is 6.10 Å². The molecule has 3 aliphatic rings. The van der Waals surface area contributed by atoms with E-state index in [4.69, 9.17) is 9.47 Å². The first-order valence-corrected chi connectivity index (χ1v) is 18.8. The molecule has 1 atom stereocenters. The Morgan fingerprint density at radius 2 is 1.57 bits per heavy atom. The number of aryl methyl sites for hydroxylation is 2. The zero-order valence-corrected chi connectivity index (χ0v) is 31.0. The largest absolute Gasteiger partial charge is 0.507 e. The predicted molar refractivity (Wildman–Crippen MR) is 202 cm³/mol. The molecule has 0 unspecified atom stereocenters. The van der Waals surface area contributed by atoms with Crippen LogP contribution < -0.4 is 10.2 Å². The summed E-state index contributed by atoms with van der Waals surface area (Å²) < 4.78 is 11.4. The number of anilines is 2. The fourth-order valence-corrected chi connectivity index (χ4v) is 7.44. The van der Waals surface area contributed by atoms with E-state index >= 15 is 0 Å². The number of phenols is 1. The van der Waals surface area contributed by atoms with E-state index in [1.165, 1.54) is 0 Å². The Labute approximate surface area is 311 Å². The lowest BCUT2D eigenvalue weighted by molar-refractivity contribution is -0.141. The van der Waals surface area contributed by atoms with Gasteiger partial charge >= 0.3 is 18.1 Å². The van der Waals surface area contributed by atoms with E-state index in [0.717, 1.165) is 41.8 Å². The van der Waals surface area contributed by atoms with Crippen LogP contribution in [0.2, 0.25) is 0 Å². The van der Waals surface area contributed by atoms with Crippen LogP contribution in [-0.4, -0.2) is 108 Å². The highest BCUT2D eigenvalue weighted by Gasteiger charge is 2.35. The highest BCUT2D eigenvalue weighted by Crippen LogP contribution is 2.27. The number of aromatic hydroxyl groups is 1. The molecular formula is C41H51N5O7. The van der Waals surface area contributed by atoms with Crippen molar-refractivity contribution in [2.24, 2.45) is 0 Å². The van der Waals surface area contributed by atoms with Crippen LogP contribution in [0.25, 0.3) is 0 Å². The van der Waals surface area contributed by atoms with Gasteiger partial charge in [-0.25, -0.2) is 14.4 Å². The highest BCUT2D eigenvalue weighted by molar-refractivity contribution is 5.91. The van der Waals surface area contributed by atoms with Gasteiger partial charge in [0.05, 0.1) is 12.2 Å². The van der Waals surface area contributed by atoms with Crippen molar-refractivity contribution in [2.75, 3.05) is 62.6 Å². The van der Waals surface area contributed by atoms with Gasteiger partial charge in [0, 0.05) is 69.7 Å². The van der Waals surface area contributed by atoms with Gasteiger partial charge in [-0.2, -0.15) is 0 Å². The fourth-order valence-electron chi connectivity index (χ4n) is 7.44. The maximum absolute atomic E-state index is 14.1. The molecule has 282 valence electrons. The lowest BCUT2D eigenvalue weighted by Crippen LogP contribution is -2.54. The number of nitrogens with one attached hydrogen (secondary N) is 1. The van der Waals surface area contributed by atoms with Crippen LogP contribution in [-0.2, 0) is 27.1 Å². The number of amides is 4. The molecule has 3 aliphatic heterocycles. The Bertz CT molecular complexity index is 1760. The summed E-state index contributed by atoms with van der Waals surface area (Å²) in [7, 11) is 0. The first-order valence-electron chi connectivity index (χ1n) is 18.8. The molecule has 3 aromatic rings. The second-order valence-electron chi connectivity index (χ2n) is 14.3. The Morgan fingerprint density at radius 1 is 0.887 bits per heavy atom. The number of hydrogen-bond donors (Lipinski definition) is 2. The summed E-state index contributed by atoms with van der Waals surface area (Å²) in [5.74, 6) is -0.390. The second kappa shape index (κ2) is 17.0. The number of likely N-dealkylation sites (tertiary alicyclic amines) is 1. The number of carbonyl (C=O) groups excluding carboxylic acids is 4. The summed E-state index contributed by atoms with van der Waals surface area (Å²) in [6.07, 6.45) is 2.33. The molecule has 2 N–H and O–H groups in total. The number of piperidine rings is 1. The van der Waals surface area contributed by atoms with Crippen LogP contribution in [0, 0.1) is 13.8 Å². The van der Waals surface area contributed by atoms with E-state index < -0.39 is 12.2 Å². The van der Waals surface area contributed by atoms with Crippen LogP contribution in [0.3, 0.4) is 0 Å². The molecule has 3 heterocycles. The lowest BCUT2D eigenvalue weighted by atomic mass is 10.0. The van der Waals surface area contributed by atoms with Crippen molar-refractivity contribution in [3.05, 3.63) is 88.5 Å². The Kier molecular flexibility index (Phi) is 12.1. The molecule has 0 saturated carbocycles. The molecule has 3 aromatic carbocycles. The van der Waals surface area contributed by atoms with Crippen molar-refractivity contribution < 1.29 is 33.8 Å². The van der Waals surface area contributed by atoms with Crippen LogP contribution in [0.1, 0.15) is 65.2 Å². The quantitative estimate of drug-likeness (QED) is 0.195. The summed E-state index contributed by atoms with van der Waals surface area (Å²) in [6.45, 7) is 9.52. The number of phenolic OH excluding ortho intramolecular Hbond substituents is 1. The summed E-state index contributed by atoms with van der Waals surface area (Å²) in [5, 5.41) is 13.4. The molecule has 0 spiro atoms. The summed E-state index contributed by atoms with van der Waals surface area (Å²) in [4.78, 5) is 60.7. The minimum absolute atomic E-state index is 0.0131. The number of ether oxygens (including phenoxy) is 2. The number of carbonyl (C=O) groups is 4. The van der Waals surface area contributed by atoms with Crippen LogP contribution >= 0.6 is 0 Å². The number of unbranched alkanes of at least 4 members (excludes halogenated alkanes) is 1. The van der Waals surface area contributed by atoms with Crippen molar-refractivity contribution in [1.29, 1.82) is 0 Å². The molecule has 0 bridgehead atoms. The second-order valence-corrected chi connectivity index (χ2v) is 14.3. The third-order valence-electron chi connectivity index (χ3n) is 10.6. The smallest absolute Gasteiger partial charge is 0.410 e. The standard InChI is InChI=1S/C41H51N5O7/c1-4-5-24-52-39(49)32-10-12-33(13-11-32)43-20-22-44(23-21-43)38(48)36(27-30-25-28(2)37(47)29(3)26-30)53-41(51)45-17-15-34(16-18-45)46-19-14-31-8-6-7-9-35(31)42-40(46)50/h6-13,25-26,34,36,47H,4-5,14-24,27H2,1-3H3,(H,42,50)/t36-/m1/s1. The molecule has 0 aliphatic carbocycles. The molecule has 6 rings (SSSR count). The minimum atomic E-state index is -1.05. The van der Waals surface area contributed by atoms with E-state index in [0.29, 0.717) is 82.0 Å². The van der Waals surface area contributed by atoms with Gasteiger partial charge in [-0.05, 0) is 92.1 Å². The maximum atomic E-state index is 14.1. The molecule has 2 fully saturated rings. The SMILES string of the molecule is CCCCOC(=O)c1ccc(N2CCN(C(=O)[C@@H](Cc3cc(C)c(O)c(C)c3)OC(=O)N3CCC(N4CCc5ccccc5NC4=O)CC3)CC2)cc1. The zero-order chi connectivity index (χ0) is 37.5. The van der Waals surface area contributed by atoms with Gasteiger partial charge in [0.1, 0.15) is 5.75 Å². The number of piperazine rings is 1. The topological polar surface area (TPSA) is 132 Å². The van der Waals surface area contributed by atoms with E-state index in [2.05, 4.69) is 10.2 Å². The van der Waals surface area contributed by atoms with Crippen molar-refractivity contribution in [1.82, 2.24) is 14.7 Å². The lowest BCUT2D eigenvalue weighted by Gasteiger charge is -2.39. The summed E-state index contributed by atoms with van der Waals surface area (Å²) in [5.41, 5.74) is 5.57. The van der Waals surface area contributed by atoms with Gasteiger partial charge in [0.25, 0.3) is 5.91 Å². The average Bonchev–Trinajstić information content (AvgIpc) is 3.34. The van der Waals surface area contributed by atoms with Gasteiger partial charge in [-0.3, -0.25) is 4.79 Å². The minimum Gasteiger partial charge on any atom is -0.507 e. The van der Waals surface area contributed by atoms with E-state index in [-0.39, 0.29) is 36.1 Å². The number of urea groups is 1. The number of fused-ring (bicyclic) bond motifs is 1. The maximum Gasteiger partial charge on any atom is 0.410 e. The summed E-state index contributed by atoms with van der Waals surface area (Å²) >= 11 is 0. The molecule has 12 nitrogen and oxygen atoms in total. The van der Waals surface area contributed by atoms with E-state index in [9.17, 15) is 24.3 Å². The predicted octanol–water partition coefficient (Wildman–Crippen LogP) is 5.92. The van der Waals surface area contributed by atoms with Gasteiger partial charge in [-0.15, -0.1) is 0 Å². The first-order chi connectivity index (χ1) is 25.6. The average molecular weight is 726 g/mol. The molecule has 0 aromatic heterocycles. The Hall–Kier alpha value is -5.26. The van der Waals surface area contributed by atoms with Crippen molar-refractivity contribution in [2.45, 2.75) is 71.4 Å². The molecule has 53 heavy (non-hydrogen) atoms. The monoisotopic (exact) mass is 725 g/mol. The first kappa shape index (κ1) is 37.5. The van der Waals surface area contributed by atoms with E-state index in [1.807, 2.05) is 74.2 Å². The number of para-hydroxylation sites is 1. The molecule has 0 radical (unpaired) electrons. The van der Waals surface area contributed by atoms with Crippen molar-refractivity contribution in [3.8, 4) is 5.75 Å². The highest BCUT2D eigenvalue weighted by atomic mass is 16.6. The zero-order valence-electron chi connectivity index (χ0n) is 31.0. The third-order valence-corrected chi connectivity index (χ3v) is 10.6. The van der Waals surface area contributed by atoms with Crippen molar-refractivity contribution >= 4 is 35.4 Å². The molecular weight excluding hydrogens is 674 g/mol. The van der Waals surface area contributed by atoms with E-state index in [1.54, 1.807) is 21.9 Å². The summed E-state index contributed by atoms with van der Waals surface area (Å²) in [6, 6.07) is 18.7. The fraction of sp³-hybridized carbons (Fsp3) is 0.463. The Morgan fingerprint density at radius 3 is 2.25 bits per heavy atom. The molecule has 4 amide bonds. The van der Waals surface area contributed by atoms with Crippen LogP contribution in [0.15, 0.2) is 60.7 Å². The molecule has 2 saturated heterocycles. The van der Waals surface area contributed by atoms with Crippen molar-refractivity contribution in [3.63, 3.8) is 0 Å². The molecule has 12 heteroatoms. The van der Waals surface area contributed by atoms with Gasteiger partial charge < -0.3 is 39.5 Å². The van der Waals surface area contributed by atoms with Gasteiger partial charge in [-0.1, -0.05) is 43.7 Å². The normalized spacial score (nSPS) is 17.1. The number of esters is 1. The third kappa shape index (κ3) is 9.04. The number of benzene rings is 3. The van der Waals surface area contributed by atoms with Gasteiger partial charge in [0.2, 0.25) is 0 Å². The number of rotatable bonds is 10. The van der Waals surface area contributed by atoms with Crippen LogP contribution in [0.5, 0.6) is 5.75 Å².